The lowest BCUT2D eigenvalue weighted by atomic mass is 10.2. The molecule has 0 saturated carbocycles. The van der Waals surface area contributed by atoms with E-state index in [9.17, 15) is 4.79 Å². The molecular weight excluding hydrogens is 272 g/mol. The van der Waals surface area contributed by atoms with Crippen molar-refractivity contribution in [2.24, 2.45) is 4.99 Å². The Labute approximate surface area is 124 Å². The van der Waals surface area contributed by atoms with Crippen LogP contribution in [0.15, 0.2) is 15.6 Å². The zero-order valence-electron chi connectivity index (χ0n) is 13.4. The molecule has 5 heteroatoms. The van der Waals surface area contributed by atoms with E-state index in [0.29, 0.717) is 13.1 Å². The lowest BCUT2D eigenvalue weighted by Gasteiger charge is -2.36. The Morgan fingerprint density at radius 2 is 1.95 bits per heavy atom. The predicted molar refractivity (Wildman–Crippen MR) is 86.7 cm³/mol. The van der Waals surface area contributed by atoms with Gasteiger partial charge in [0.05, 0.1) is 12.2 Å². The van der Waals surface area contributed by atoms with Crippen LogP contribution < -0.4 is 0 Å². The third-order valence-electron chi connectivity index (χ3n) is 3.29. The van der Waals surface area contributed by atoms with Crippen molar-refractivity contribution in [2.75, 3.05) is 13.1 Å². The number of aliphatic imine (C=N–C) groups is 1. The van der Waals surface area contributed by atoms with Gasteiger partial charge in [0.15, 0.2) is 0 Å². The third kappa shape index (κ3) is 3.37. The molecule has 0 N–H and O–H groups in total. The van der Waals surface area contributed by atoms with Crippen molar-refractivity contribution in [3.8, 4) is 0 Å². The highest BCUT2D eigenvalue weighted by Crippen LogP contribution is 2.52. The second kappa shape index (κ2) is 5.10. The van der Waals surface area contributed by atoms with Gasteiger partial charge in [-0.1, -0.05) is 20.8 Å². The van der Waals surface area contributed by atoms with Crippen molar-refractivity contribution in [2.45, 2.75) is 58.3 Å². The minimum Gasteiger partial charge on any atom is -0.444 e. The number of carbonyl (C=O) groups excluding carboxylic acids is 1. The van der Waals surface area contributed by atoms with Gasteiger partial charge in [-0.25, -0.2) is 4.79 Å². The van der Waals surface area contributed by atoms with E-state index >= 15 is 0 Å². The molecule has 2 aliphatic rings. The maximum Gasteiger partial charge on any atom is 0.410 e. The van der Waals surface area contributed by atoms with E-state index in [4.69, 9.17) is 4.74 Å². The van der Waals surface area contributed by atoms with Crippen LogP contribution in [0.5, 0.6) is 0 Å². The van der Waals surface area contributed by atoms with E-state index in [1.54, 1.807) is 0 Å². The zero-order valence-corrected chi connectivity index (χ0v) is 14.3. The Balaban J connectivity index is 2.09. The number of carbonyl (C=O) groups is 1. The largest absolute Gasteiger partial charge is 0.444 e. The first-order valence-corrected chi connectivity index (χ1v) is 8.52. The SMILES string of the molecule is CC(C)(C)OC(=O)N1CCC2=C(C1)[SH](C(C)(C)C)C=N2. The molecule has 2 aliphatic heterocycles. The Morgan fingerprint density at radius 1 is 1.30 bits per heavy atom. The van der Waals surface area contributed by atoms with Crippen LogP contribution in [0, 0.1) is 0 Å². The van der Waals surface area contributed by atoms with Gasteiger partial charge >= 0.3 is 6.09 Å². The molecule has 2 rings (SSSR count). The lowest BCUT2D eigenvalue weighted by Crippen LogP contribution is -2.40. The Morgan fingerprint density at radius 3 is 2.50 bits per heavy atom. The fourth-order valence-electron chi connectivity index (χ4n) is 2.35. The number of thiol groups is 1. The van der Waals surface area contributed by atoms with Crippen LogP contribution in [-0.4, -0.2) is 40.0 Å². The smallest absolute Gasteiger partial charge is 0.410 e. The summed E-state index contributed by atoms with van der Waals surface area (Å²) in [6.07, 6.45) is 0.639. The minimum atomic E-state index is -0.438. The predicted octanol–water partition coefficient (Wildman–Crippen LogP) is 3.68. The number of hydrogen-bond donors (Lipinski definition) is 1. The molecule has 0 aromatic heterocycles. The molecule has 114 valence electrons. The molecule has 0 radical (unpaired) electrons. The maximum absolute atomic E-state index is 12.2. The Bertz CT molecular complexity index is 469. The second-order valence-electron chi connectivity index (χ2n) is 7.33. The van der Waals surface area contributed by atoms with Gasteiger partial charge in [0.2, 0.25) is 0 Å². The number of hydrogen-bond acceptors (Lipinski definition) is 3. The quantitative estimate of drug-likeness (QED) is 0.693. The Hall–Kier alpha value is -0.970. The van der Waals surface area contributed by atoms with Crippen LogP contribution in [0.3, 0.4) is 0 Å². The standard InChI is InChI=1S/C15H26N2O2S/c1-14(2,3)19-13(18)17-8-7-11-12(9-17)20(10-16-11)15(4,5)6/h10,20H,7-9H2,1-6H3. The van der Waals surface area contributed by atoms with E-state index in [0.717, 1.165) is 6.42 Å². The molecule has 0 aliphatic carbocycles. The molecule has 0 spiro atoms. The van der Waals surface area contributed by atoms with Crippen LogP contribution in [0.2, 0.25) is 0 Å². The Kier molecular flexibility index (Phi) is 3.93. The summed E-state index contributed by atoms with van der Waals surface area (Å²) in [6, 6.07) is 0. The highest BCUT2D eigenvalue weighted by Gasteiger charge is 2.34. The number of nitrogens with zero attached hydrogens (tertiary/aromatic N) is 2. The van der Waals surface area contributed by atoms with Crippen molar-refractivity contribution >= 4 is 22.5 Å². The van der Waals surface area contributed by atoms with Gasteiger partial charge < -0.3 is 9.64 Å². The number of amides is 1. The van der Waals surface area contributed by atoms with Gasteiger partial charge in [0.1, 0.15) is 5.60 Å². The fraction of sp³-hybridized carbons (Fsp3) is 0.733. The van der Waals surface area contributed by atoms with Gasteiger partial charge in [-0.2, -0.15) is 10.9 Å². The molecule has 1 atom stereocenters. The summed E-state index contributed by atoms with van der Waals surface area (Å²) >= 11 is 0. The second-order valence-corrected chi connectivity index (χ2v) is 10.2. The molecule has 0 fully saturated rings. The summed E-state index contributed by atoms with van der Waals surface area (Å²) < 4.78 is 5.68. The average Bonchev–Trinajstić information content (AvgIpc) is 2.68. The van der Waals surface area contributed by atoms with Crippen LogP contribution in [0.25, 0.3) is 0 Å². The van der Waals surface area contributed by atoms with E-state index in [-0.39, 0.29) is 21.7 Å². The van der Waals surface area contributed by atoms with E-state index in [1.165, 1.54) is 10.6 Å². The molecule has 4 nitrogen and oxygen atoms in total. The molecule has 0 aromatic rings. The average molecular weight is 298 g/mol. The first kappa shape index (κ1) is 15.4. The van der Waals surface area contributed by atoms with E-state index in [1.807, 2.05) is 25.7 Å². The molecule has 2 heterocycles. The lowest BCUT2D eigenvalue weighted by molar-refractivity contribution is 0.0264. The van der Waals surface area contributed by atoms with Crippen LogP contribution >= 0.6 is 10.9 Å². The van der Waals surface area contributed by atoms with Gasteiger partial charge in [0.25, 0.3) is 0 Å². The summed E-state index contributed by atoms with van der Waals surface area (Å²) in [5, 5.41) is 0. The normalized spacial score (nSPS) is 24.9. The van der Waals surface area contributed by atoms with Crippen molar-refractivity contribution in [1.29, 1.82) is 0 Å². The molecule has 0 saturated heterocycles. The first-order valence-electron chi connectivity index (χ1n) is 7.11. The molecule has 0 bridgehead atoms. The molecule has 0 aromatic carbocycles. The van der Waals surface area contributed by atoms with Crippen molar-refractivity contribution in [1.82, 2.24) is 4.90 Å². The van der Waals surface area contributed by atoms with E-state index < -0.39 is 5.60 Å². The van der Waals surface area contributed by atoms with Gasteiger partial charge in [-0.05, 0) is 25.5 Å². The fourth-order valence-corrected chi connectivity index (χ4v) is 4.67. The summed E-state index contributed by atoms with van der Waals surface area (Å²) in [6.45, 7) is 13.8. The summed E-state index contributed by atoms with van der Waals surface area (Å²) in [5.74, 6) is 0. The topological polar surface area (TPSA) is 41.9 Å². The summed E-state index contributed by atoms with van der Waals surface area (Å²) in [5.41, 5.74) is 2.87. The highest BCUT2D eigenvalue weighted by atomic mass is 32.2. The van der Waals surface area contributed by atoms with Crippen LogP contribution in [-0.2, 0) is 4.74 Å². The van der Waals surface area contributed by atoms with Gasteiger partial charge in [-0.15, -0.1) is 0 Å². The van der Waals surface area contributed by atoms with Crippen LogP contribution in [0.1, 0.15) is 48.0 Å². The molecule has 1 amide bonds. The molecular formula is C15H26N2O2S. The summed E-state index contributed by atoms with van der Waals surface area (Å²) in [7, 11) is -0.390. The van der Waals surface area contributed by atoms with Crippen molar-refractivity contribution in [3.05, 3.63) is 10.6 Å². The molecule has 1 unspecified atom stereocenters. The van der Waals surface area contributed by atoms with Crippen molar-refractivity contribution < 1.29 is 9.53 Å². The zero-order chi connectivity index (χ0) is 15.1. The highest BCUT2D eigenvalue weighted by molar-refractivity contribution is 8.32. The maximum atomic E-state index is 12.2. The monoisotopic (exact) mass is 298 g/mol. The number of rotatable bonds is 0. The van der Waals surface area contributed by atoms with E-state index in [2.05, 4.69) is 31.3 Å². The van der Waals surface area contributed by atoms with Crippen molar-refractivity contribution in [3.63, 3.8) is 0 Å². The molecule has 20 heavy (non-hydrogen) atoms. The summed E-state index contributed by atoms with van der Waals surface area (Å²) in [4.78, 5) is 20.0. The number of ether oxygens (including phenoxy) is 1. The minimum absolute atomic E-state index is 0.201. The third-order valence-corrected chi connectivity index (χ3v) is 6.06. The van der Waals surface area contributed by atoms with Gasteiger partial charge in [0, 0.05) is 23.4 Å². The van der Waals surface area contributed by atoms with Gasteiger partial charge in [-0.3, -0.25) is 4.99 Å². The van der Waals surface area contributed by atoms with Crippen LogP contribution in [0.4, 0.5) is 4.79 Å². The first-order chi connectivity index (χ1) is 9.08.